The molecule has 0 radical (unpaired) electrons. The Morgan fingerprint density at radius 3 is 2.66 bits per heavy atom. The van der Waals surface area contributed by atoms with Gasteiger partial charge in [-0.2, -0.15) is 0 Å². The standard InChI is InChI=1S/C28H38N2O2/c1-17-8-6-9-19(14-17)29-25(31)21-16-28(4)23-11-13-27(3)12-7-10-22(27)20(23)15-18(2)24(28)30(5)26(21)32/h6,8-9,14,20-23H,7,10-13,15-16H2,1-5H3,(H,29,31)/t20-,21?,22-,23+,27-,28+/m0/s1. The third-order valence-electron chi connectivity index (χ3n) is 9.72. The highest BCUT2D eigenvalue weighted by molar-refractivity contribution is 6.07. The van der Waals surface area contributed by atoms with Crippen molar-refractivity contribution < 1.29 is 9.59 Å². The van der Waals surface area contributed by atoms with Crippen molar-refractivity contribution in [3.63, 3.8) is 0 Å². The number of nitrogens with one attached hydrogen (secondary N) is 1. The number of piperidine rings is 1. The Hall–Kier alpha value is -2.10. The summed E-state index contributed by atoms with van der Waals surface area (Å²) in [6.07, 6.45) is 8.34. The molecule has 3 fully saturated rings. The second-order valence-electron chi connectivity index (χ2n) is 11.7. The van der Waals surface area contributed by atoms with Crippen molar-refractivity contribution in [2.45, 2.75) is 72.6 Å². The molecule has 1 aliphatic heterocycles. The number of hydrogen-bond acceptors (Lipinski definition) is 2. The number of amides is 2. The largest absolute Gasteiger partial charge is 0.325 e. The number of aryl methyl sites for hydroxylation is 1. The minimum atomic E-state index is -0.627. The topological polar surface area (TPSA) is 49.4 Å². The fourth-order valence-corrected chi connectivity index (χ4v) is 8.40. The van der Waals surface area contributed by atoms with E-state index >= 15 is 0 Å². The monoisotopic (exact) mass is 434 g/mol. The van der Waals surface area contributed by atoms with Crippen molar-refractivity contribution in [3.05, 3.63) is 41.1 Å². The number of likely N-dealkylation sites (tertiary alicyclic amines) is 1. The summed E-state index contributed by atoms with van der Waals surface area (Å²) in [7, 11) is 1.90. The van der Waals surface area contributed by atoms with Gasteiger partial charge in [-0.3, -0.25) is 9.59 Å². The van der Waals surface area contributed by atoms with Crippen LogP contribution in [0.25, 0.3) is 0 Å². The number of benzene rings is 1. The Kier molecular flexibility index (Phi) is 5.07. The van der Waals surface area contributed by atoms with Crippen LogP contribution in [0, 0.1) is 41.4 Å². The van der Waals surface area contributed by atoms with Gasteiger partial charge in [-0.05, 0) is 93.2 Å². The average molecular weight is 435 g/mol. The van der Waals surface area contributed by atoms with Gasteiger partial charge in [-0.1, -0.05) is 38.0 Å². The van der Waals surface area contributed by atoms with Crippen LogP contribution >= 0.6 is 0 Å². The molecule has 1 saturated heterocycles. The Morgan fingerprint density at radius 2 is 1.91 bits per heavy atom. The van der Waals surface area contributed by atoms with Gasteiger partial charge in [0, 0.05) is 23.8 Å². The Morgan fingerprint density at radius 1 is 1.12 bits per heavy atom. The molecule has 1 aromatic rings. The van der Waals surface area contributed by atoms with E-state index in [1.807, 2.05) is 43.1 Å². The van der Waals surface area contributed by atoms with Crippen molar-refractivity contribution in [1.82, 2.24) is 4.90 Å². The van der Waals surface area contributed by atoms with E-state index in [4.69, 9.17) is 0 Å². The summed E-state index contributed by atoms with van der Waals surface area (Å²) >= 11 is 0. The van der Waals surface area contributed by atoms with Gasteiger partial charge in [-0.25, -0.2) is 0 Å². The van der Waals surface area contributed by atoms with E-state index in [0.717, 1.165) is 23.6 Å². The minimum Gasteiger partial charge on any atom is -0.325 e. The molecule has 32 heavy (non-hydrogen) atoms. The van der Waals surface area contributed by atoms with E-state index in [0.29, 0.717) is 23.7 Å². The van der Waals surface area contributed by atoms with Crippen molar-refractivity contribution in [1.29, 1.82) is 0 Å². The Bertz CT molecular complexity index is 997. The van der Waals surface area contributed by atoms with Crippen molar-refractivity contribution in [3.8, 4) is 0 Å². The smallest absolute Gasteiger partial charge is 0.239 e. The number of allylic oxidation sites excluding steroid dienone is 2. The highest BCUT2D eigenvalue weighted by Gasteiger charge is 2.60. The zero-order chi connectivity index (χ0) is 22.8. The van der Waals surface area contributed by atoms with E-state index in [-0.39, 0.29) is 17.2 Å². The van der Waals surface area contributed by atoms with Crippen LogP contribution in [-0.2, 0) is 9.59 Å². The number of anilines is 1. The van der Waals surface area contributed by atoms with Crippen LogP contribution in [0.5, 0.6) is 0 Å². The van der Waals surface area contributed by atoms with Gasteiger partial charge in [0.15, 0.2) is 0 Å². The predicted octanol–water partition coefficient (Wildman–Crippen LogP) is 5.93. The second kappa shape index (κ2) is 7.46. The van der Waals surface area contributed by atoms with Gasteiger partial charge >= 0.3 is 0 Å². The molecular weight excluding hydrogens is 396 g/mol. The molecule has 2 saturated carbocycles. The van der Waals surface area contributed by atoms with Crippen molar-refractivity contribution in [2.24, 2.45) is 34.5 Å². The van der Waals surface area contributed by atoms with Crippen molar-refractivity contribution >= 4 is 17.5 Å². The highest BCUT2D eigenvalue weighted by atomic mass is 16.2. The molecule has 4 aliphatic rings. The zero-order valence-corrected chi connectivity index (χ0v) is 20.3. The number of rotatable bonds is 2. The number of carbonyl (C=O) groups is 2. The van der Waals surface area contributed by atoms with Crippen LogP contribution in [0.1, 0.15) is 71.3 Å². The summed E-state index contributed by atoms with van der Waals surface area (Å²) < 4.78 is 0. The predicted molar refractivity (Wildman–Crippen MR) is 128 cm³/mol. The van der Waals surface area contributed by atoms with E-state index in [2.05, 4.69) is 26.1 Å². The summed E-state index contributed by atoms with van der Waals surface area (Å²) in [5.74, 6) is 1.19. The first-order chi connectivity index (χ1) is 15.1. The van der Waals surface area contributed by atoms with Gasteiger partial charge in [-0.15, -0.1) is 0 Å². The summed E-state index contributed by atoms with van der Waals surface area (Å²) in [5, 5.41) is 3.04. The maximum atomic E-state index is 13.4. The molecule has 1 heterocycles. The first-order valence-corrected chi connectivity index (χ1v) is 12.5. The van der Waals surface area contributed by atoms with E-state index in [9.17, 15) is 9.59 Å². The second-order valence-corrected chi connectivity index (χ2v) is 11.7. The summed E-state index contributed by atoms with van der Waals surface area (Å²) in [4.78, 5) is 28.6. The summed E-state index contributed by atoms with van der Waals surface area (Å²) in [6.45, 7) is 9.13. The van der Waals surface area contributed by atoms with Crippen LogP contribution < -0.4 is 5.32 Å². The molecule has 0 aromatic heterocycles. The van der Waals surface area contributed by atoms with Crippen LogP contribution in [0.15, 0.2) is 35.5 Å². The van der Waals surface area contributed by atoms with Crippen LogP contribution in [0.3, 0.4) is 0 Å². The number of nitrogens with zero attached hydrogens (tertiary/aromatic N) is 1. The van der Waals surface area contributed by atoms with Gasteiger partial charge in [0.1, 0.15) is 5.92 Å². The van der Waals surface area contributed by atoms with Gasteiger partial charge in [0.05, 0.1) is 0 Å². The van der Waals surface area contributed by atoms with E-state index in [1.54, 1.807) is 0 Å². The molecule has 1 N–H and O–H groups in total. The SMILES string of the molecule is CC1=C2N(C)C(=O)C(C(=O)Nc3cccc(C)c3)C[C@]2(C)[C@@H]2CC[C@]3(C)CCC[C@H]3[C@@H]2C1. The first kappa shape index (κ1) is 21.7. The molecule has 4 heteroatoms. The van der Waals surface area contributed by atoms with Gasteiger partial charge in [0.2, 0.25) is 11.8 Å². The van der Waals surface area contributed by atoms with E-state index in [1.165, 1.54) is 43.4 Å². The summed E-state index contributed by atoms with van der Waals surface area (Å²) in [6, 6.07) is 7.82. The molecule has 1 unspecified atom stereocenters. The normalized spacial score (nSPS) is 38.8. The molecule has 5 rings (SSSR count). The van der Waals surface area contributed by atoms with Gasteiger partial charge < -0.3 is 10.2 Å². The maximum Gasteiger partial charge on any atom is 0.239 e. The van der Waals surface area contributed by atoms with E-state index < -0.39 is 5.92 Å². The lowest BCUT2D eigenvalue weighted by molar-refractivity contribution is -0.147. The zero-order valence-electron chi connectivity index (χ0n) is 20.3. The Balaban J connectivity index is 1.48. The molecule has 0 spiro atoms. The summed E-state index contributed by atoms with van der Waals surface area (Å²) in [5.41, 5.74) is 4.83. The lowest BCUT2D eigenvalue weighted by atomic mass is 9.48. The number of fused-ring (bicyclic) bond motifs is 5. The lowest BCUT2D eigenvalue weighted by Gasteiger charge is -2.59. The molecule has 172 valence electrons. The minimum absolute atomic E-state index is 0.0538. The molecule has 1 aromatic carbocycles. The fraction of sp³-hybridized carbons (Fsp3) is 0.643. The molecule has 2 amide bonds. The number of carbonyl (C=O) groups excluding carboxylic acids is 2. The van der Waals surface area contributed by atoms with Crippen LogP contribution in [0.2, 0.25) is 0 Å². The quantitative estimate of drug-likeness (QED) is 0.587. The fourth-order valence-electron chi connectivity index (χ4n) is 8.40. The Labute approximate surface area is 192 Å². The molecular formula is C28H38N2O2. The molecule has 4 nitrogen and oxygen atoms in total. The molecule has 0 bridgehead atoms. The van der Waals surface area contributed by atoms with Gasteiger partial charge in [0.25, 0.3) is 0 Å². The van der Waals surface area contributed by atoms with Crippen molar-refractivity contribution in [2.75, 3.05) is 12.4 Å². The first-order valence-electron chi connectivity index (χ1n) is 12.5. The van der Waals surface area contributed by atoms with Crippen LogP contribution in [0.4, 0.5) is 5.69 Å². The number of hydrogen-bond donors (Lipinski definition) is 1. The third-order valence-corrected chi connectivity index (χ3v) is 9.72. The molecule has 6 atom stereocenters. The third kappa shape index (κ3) is 3.16. The average Bonchev–Trinajstić information content (AvgIpc) is 3.13. The molecule has 3 aliphatic carbocycles. The maximum absolute atomic E-state index is 13.4. The lowest BCUT2D eigenvalue weighted by Crippen LogP contribution is -2.57. The highest BCUT2D eigenvalue weighted by Crippen LogP contribution is 2.65. The van der Waals surface area contributed by atoms with Crippen LogP contribution in [-0.4, -0.2) is 23.8 Å².